The third-order valence-electron chi connectivity index (χ3n) is 8.87. The van der Waals surface area contributed by atoms with Gasteiger partial charge in [-0.15, -0.1) is 0 Å². The molecule has 0 spiro atoms. The minimum atomic E-state index is -3.81. The highest BCUT2D eigenvalue weighted by Crippen LogP contribution is 2.56. The summed E-state index contributed by atoms with van der Waals surface area (Å²) in [5, 5.41) is 16.6. The average molecular weight is 576 g/mol. The minimum absolute atomic E-state index is 0.116. The zero-order chi connectivity index (χ0) is 28.8. The van der Waals surface area contributed by atoms with Gasteiger partial charge < -0.3 is 5.11 Å². The Labute approximate surface area is 238 Å². The molecule has 2 N–H and O–H groups in total. The van der Waals surface area contributed by atoms with Crippen LogP contribution in [0.5, 0.6) is 0 Å². The number of aryl methyl sites for hydroxylation is 1. The van der Waals surface area contributed by atoms with E-state index in [-0.39, 0.29) is 22.8 Å². The van der Waals surface area contributed by atoms with Crippen LogP contribution in [-0.4, -0.2) is 28.9 Å². The lowest BCUT2D eigenvalue weighted by molar-refractivity contribution is -0.0462. The summed E-state index contributed by atoms with van der Waals surface area (Å²) in [5.41, 5.74) is 3.21. The maximum absolute atomic E-state index is 15.0. The van der Waals surface area contributed by atoms with Gasteiger partial charge >= 0.3 is 0 Å². The first-order chi connectivity index (χ1) is 19.6. The van der Waals surface area contributed by atoms with Gasteiger partial charge in [0, 0.05) is 17.5 Å². The number of hydrogen-bond acceptors (Lipinski definition) is 4. The fourth-order valence-electron chi connectivity index (χ4n) is 6.35. The van der Waals surface area contributed by atoms with Gasteiger partial charge in [0.15, 0.2) is 0 Å². The molecule has 0 bridgehead atoms. The maximum Gasteiger partial charge on any atom is 0.240 e. The zero-order valence-electron chi connectivity index (χ0n) is 22.6. The molecular weight excluding hydrogens is 544 g/mol. The Morgan fingerprint density at radius 2 is 1.78 bits per heavy atom. The number of nitrogens with zero attached hydrogens (tertiary/aromatic N) is 2. The highest BCUT2D eigenvalue weighted by molar-refractivity contribution is 7.89. The lowest BCUT2D eigenvalue weighted by Gasteiger charge is -2.42. The number of sulfonamides is 1. The number of rotatable bonds is 8. The molecule has 6 rings (SSSR count). The predicted molar refractivity (Wildman–Crippen MR) is 153 cm³/mol. The highest BCUT2D eigenvalue weighted by Gasteiger charge is 2.54. The smallest absolute Gasteiger partial charge is 0.240 e. The first-order valence-electron chi connectivity index (χ1n) is 13.7. The first kappa shape index (κ1) is 27.5. The molecule has 3 aromatic carbocycles. The van der Waals surface area contributed by atoms with Crippen LogP contribution in [0.15, 0.2) is 89.5 Å². The van der Waals surface area contributed by atoms with Gasteiger partial charge in [0.1, 0.15) is 11.6 Å². The molecule has 41 heavy (non-hydrogen) atoms. The normalized spacial score (nSPS) is 21.8. The highest BCUT2D eigenvalue weighted by atomic mass is 32.2. The van der Waals surface area contributed by atoms with Crippen LogP contribution < -0.4 is 4.72 Å². The van der Waals surface area contributed by atoms with Crippen molar-refractivity contribution in [3.63, 3.8) is 0 Å². The summed E-state index contributed by atoms with van der Waals surface area (Å²) in [5.74, 6) is -0.796. The van der Waals surface area contributed by atoms with Gasteiger partial charge in [-0.2, -0.15) is 5.10 Å². The molecule has 0 radical (unpaired) electrons. The van der Waals surface area contributed by atoms with Crippen molar-refractivity contribution in [2.24, 2.45) is 5.41 Å². The van der Waals surface area contributed by atoms with Gasteiger partial charge in [-0.05, 0) is 91.8 Å². The van der Waals surface area contributed by atoms with Crippen molar-refractivity contribution in [1.82, 2.24) is 14.5 Å². The minimum Gasteiger partial charge on any atom is -0.389 e. The zero-order valence-corrected chi connectivity index (χ0v) is 23.5. The predicted octanol–water partition coefficient (Wildman–Crippen LogP) is 5.73. The van der Waals surface area contributed by atoms with Crippen molar-refractivity contribution < 1.29 is 22.3 Å². The Hall–Kier alpha value is -3.66. The van der Waals surface area contributed by atoms with E-state index in [2.05, 4.69) is 22.8 Å². The molecule has 4 aromatic rings. The Balaban J connectivity index is 1.22. The molecule has 2 atom stereocenters. The van der Waals surface area contributed by atoms with Crippen LogP contribution in [-0.2, 0) is 29.4 Å². The lowest BCUT2D eigenvalue weighted by Crippen LogP contribution is -2.45. The second-order valence-corrected chi connectivity index (χ2v) is 12.9. The first-order valence-corrected chi connectivity index (χ1v) is 15.2. The molecule has 0 unspecified atom stereocenters. The number of nitrogens with one attached hydrogen (secondary N) is 1. The van der Waals surface area contributed by atoms with Crippen LogP contribution in [0.1, 0.15) is 48.6 Å². The van der Waals surface area contributed by atoms with Gasteiger partial charge in [-0.25, -0.2) is 26.6 Å². The van der Waals surface area contributed by atoms with Gasteiger partial charge in [-0.3, -0.25) is 0 Å². The van der Waals surface area contributed by atoms with E-state index in [1.165, 1.54) is 30.3 Å². The van der Waals surface area contributed by atoms with Crippen LogP contribution >= 0.6 is 0 Å². The van der Waals surface area contributed by atoms with Gasteiger partial charge in [-0.1, -0.05) is 42.8 Å². The average Bonchev–Trinajstić information content (AvgIpc) is 3.48. The Morgan fingerprint density at radius 3 is 2.54 bits per heavy atom. The van der Waals surface area contributed by atoms with Gasteiger partial charge in [0.2, 0.25) is 10.0 Å². The van der Waals surface area contributed by atoms with Crippen LogP contribution in [0.4, 0.5) is 8.78 Å². The number of benzene rings is 3. The Morgan fingerprint density at radius 1 is 1.02 bits per heavy atom. The summed E-state index contributed by atoms with van der Waals surface area (Å²) in [6.45, 7) is 1.89. The fraction of sp³-hybridized carbons (Fsp3) is 0.281. The van der Waals surface area contributed by atoms with Crippen LogP contribution in [0.25, 0.3) is 11.8 Å². The molecule has 6 nitrogen and oxygen atoms in total. The van der Waals surface area contributed by atoms with Crippen molar-refractivity contribution >= 4 is 16.1 Å². The van der Waals surface area contributed by atoms with Gasteiger partial charge in [0.05, 0.1) is 28.1 Å². The summed E-state index contributed by atoms with van der Waals surface area (Å²) in [4.78, 5) is 0.116. The molecule has 9 heteroatoms. The summed E-state index contributed by atoms with van der Waals surface area (Å²) >= 11 is 0. The number of hydrogen-bond donors (Lipinski definition) is 2. The monoisotopic (exact) mass is 575 g/mol. The van der Waals surface area contributed by atoms with E-state index in [9.17, 15) is 22.3 Å². The number of halogens is 2. The molecule has 0 saturated heterocycles. The van der Waals surface area contributed by atoms with E-state index in [4.69, 9.17) is 0 Å². The van der Waals surface area contributed by atoms with Crippen LogP contribution in [0, 0.1) is 17.0 Å². The Kier molecular flexibility index (Phi) is 6.92. The number of fused-ring (bicyclic) bond motifs is 2. The molecular formula is C32H31F2N3O3S. The summed E-state index contributed by atoms with van der Waals surface area (Å²) in [6, 6.07) is 18.9. The van der Waals surface area contributed by atoms with E-state index in [1.54, 1.807) is 53.3 Å². The van der Waals surface area contributed by atoms with Crippen molar-refractivity contribution in [3.8, 4) is 5.69 Å². The van der Waals surface area contributed by atoms with Gasteiger partial charge in [0.25, 0.3) is 0 Å². The number of aliphatic hydroxyl groups is 1. The SMILES string of the molecule is C[C@]12Cc3cnn(-c4ccc(F)cc4)c3C=C1CC[C@@]2(O)CCc1cccc(F)c1CNS(=O)(=O)c1ccccc1. The van der Waals surface area contributed by atoms with Crippen molar-refractivity contribution in [3.05, 3.63) is 119 Å². The van der Waals surface area contributed by atoms with Crippen molar-refractivity contribution in [2.75, 3.05) is 0 Å². The molecule has 0 amide bonds. The molecule has 0 aliphatic heterocycles. The Bertz CT molecular complexity index is 1740. The summed E-state index contributed by atoms with van der Waals surface area (Å²) in [7, 11) is -3.81. The third kappa shape index (κ3) is 4.92. The quantitative estimate of drug-likeness (QED) is 0.281. The van der Waals surface area contributed by atoms with Crippen LogP contribution in [0.2, 0.25) is 0 Å². The van der Waals surface area contributed by atoms with E-state index in [0.29, 0.717) is 37.7 Å². The van der Waals surface area contributed by atoms with E-state index < -0.39 is 26.9 Å². The standard InChI is InChI=1S/C32H31F2N3O3S/c1-31-19-23-20-35-37(26-12-10-25(33)11-13-26)30(23)18-24(31)15-17-32(31,38)16-14-22-6-5-9-29(34)28(22)21-36-41(39,40)27-7-3-2-4-8-27/h2-13,18,20,36,38H,14-17,19,21H2,1H3/t31-,32-/m0/s1. The second kappa shape index (κ2) is 10.3. The molecule has 1 heterocycles. The van der Waals surface area contributed by atoms with E-state index in [1.807, 2.05) is 0 Å². The van der Waals surface area contributed by atoms with Crippen molar-refractivity contribution in [1.29, 1.82) is 0 Å². The molecule has 1 aromatic heterocycles. The summed E-state index contributed by atoms with van der Waals surface area (Å²) < 4.78 is 58.3. The molecule has 212 valence electrons. The largest absolute Gasteiger partial charge is 0.389 e. The molecule has 2 aliphatic carbocycles. The second-order valence-electron chi connectivity index (χ2n) is 11.2. The molecule has 1 saturated carbocycles. The molecule has 1 fully saturated rings. The van der Waals surface area contributed by atoms with E-state index in [0.717, 1.165) is 22.5 Å². The summed E-state index contributed by atoms with van der Waals surface area (Å²) in [6.07, 6.45) is 6.56. The topological polar surface area (TPSA) is 84.2 Å². The van der Waals surface area contributed by atoms with Crippen LogP contribution in [0.3, 0.4) is 0 Å². The van der Waals surface area contributed by atoms with E-state index >= 15 is 0 Å². The number of aromatic nitrogens is 2. The lowest BCUT2D eigenvalue weighted by atomic mass is 9.65. The maximum atomic E-state index is 15.0. The van der Waals surface area contributed by atoms with Crippen molar-refractivity contribution in [2.45, 2.75) is 56.1 Å². The molecule has 2 aliphatic rings. The fourth-order valence-corrected chi connectivity index (χ4v) is 7.36. The third-order valence-corrected chi connectivity index (χ3v) is 10.3.